The number of fused-ring (bicyclic) bond motifs is 1. The number of imidazole rings is 1. The second kappa shape index (κ2) is 5.04. The van der Waals surface area contributed by atoms with Crippen LogP contribution in [0.15, 0.2) is 41.0 Å². The molecule has 0 saturated carbocycles. The molecule has 0 saturated heterocycles. The van der Waals surface area contributed by atoms with Gasteiger partial charge in [-0.25, -0.2) is 4.98 Å². The van der Waals surface area contributed by atoms with E-state index in [2.05, 4.69) is 29.5 Å². The molecule has 2 heterocycles. The highest BCUT2D eigenvalue weighted by Crippen LogP contribution is 2.27. The fourth-order valence-electron chi connectivity index (χ4n) is 2.72. The van der Waals surface area contributed by atoms with Crippen molar-refractivity contribution in [3.8, 4) is 0 Å². The minimum Gasteiger partial charge on any atom is -0.469 e. The molecule has 1 unspecified atom stereocenters. The van der Waals surface area contributed by atoms with Crippen molar-refractivity contribution in [3.05, 3.63) is 47.9 Å². The Hall–Kier alpha value is -2.23. The molecule has 3 aromatic rings. The number of nitrogens with zero attached hydrogens (tertiary/aromatic N) is 2. The van der Waals surface area contributed by atoms with Crippen molar-refractivity contribution in [2.75, 3.05) is 5.73 Å². The monoisotopic (exact) mass is 269 g/mol. The first-order chi connectivity index (χ1) is 9.66. The van der Waals surface area contributed by atoms with Crippen molar-refractivity contribution in [2.24, 2.45) is 0 Å². The quantitative estimate of drug-likeness (QED) is 0.785. The molecule has 1 aromatic carbocycles. The Balaban J connectivity index is 1.91. The lowest BCUT2D eigenvalue weighted by Gasteiger charge is -2.16. The summed E-state index contributed by atoms with van der Waals surface area (Å²) in [6, 6.07) is 10.3. The molecular weight excluding hydrogens is 250 g/mol. The highest BCUT2D eigenvalue weighted by atomic mass is 16.3. The van der Waals surface area contributed by atoms with E-state index in [1.807, 2.05) is 24.3 Å². The lowest BCUT2D eigenvalue weighted by molar-refractivity contribution is 0.460. The van der Waals surface area contributed by atoms with Gasteiger partial charge >= 0.3 is 0 Å². The summed E-state index contributed by atoms with van der Waals surface area (Å²) in [4.78, 5) is 4.46. The van der Waals surface area contributed by atoms with E-state index in [-0.39, 0.29) is 6.04 Å². The summed E-state index contributed by atoms with van der Waals surface area (Å²) in [6.45, 7) is 4.27. The zero-order valence-electron chi connectivity index (χ0n) is 11.8. The molecule has 0 radical (unpaired) electrons. The molecular formula is C16H19N3O. The van der Waals surface area contributed by atoms with Crippen molar-refractivity contribution >= 4 is 17.0 Å². The van der Waals surface area contributed by atoms with Crippen LogP contribution in [0.3, 0.4) is 0 Å². The molecule has 3 rings (SSSR count). The molecule has 0 aliphatic rings. The van der Waals surface area contributed by atoms with E-state index < -0.39 is 0 Å². The average Bonchev–Trinajstić information content (AvgIpc) is 3.03. The maximum absolute atomic E-state index is 6.10. The van der Waals surface area contributed by atoms with Crippen LogP contribution in [0.2, 0.25) is 0 Å². The number of anilines is 1. The van der Waals surface area contributed by atoms with Crippen LogP contribution in [0.25, 0.3) is 11.0 Å². The van der Waals surface area contributed by atoms with Crippen LogP contribution in [0, 0.1) is 6.92 Å². The molecule has 4 nitrogen and oxygen atoms in total. The van der Waals surface area contributed by atoms with Gasteiger partial charge < -0.3 is 14.7 Å². The van der Waals surface area contributed by atoms with Gasteiger partial charge in [0.1, 0.15) is 5.76 Å². The zero-order chi connectivity index (χ0) is 14.1. The number of benzene rings is 1. The van der Waals surface area contributed by atoms with Gasteiger partial charge in [0, 0.05) is 12.5 Å². The number of nitrogen functional groups attached to an aromatic ring is 1. The van der Waals surface area contributed by atoms with Gasteiger partial charge in [-0.05, 0) is 44.0 Å². The minimum atomic E-state index is 0.284. The predicted octanol–water partition coefficient (Wildman–Crippen LogP) is 3.71. The highest BCUT2D eigenvalue weighted by Gasteiger charge is 2.15. The Morgan fingerprint density at radius 1 is 1.30 bits per heavy atom. The van der Waals surface area contributed by atoms with E-state index in [0.29, 0.717) is 5.95 Å². The number of furan rings is 1. The fraction of sp³-hybridized carbons (Fsp3) is 0.312. The molecule has 104 valence electrons. The van der Waals surface area contributed by atoms with Crippen molar-refractivity contribution in [1.29, 1.82) is 0 Å². The number of nitrogens with two attached hydrogens (primary N) is 1. The molecule has 0 spiro atoms. The molecule has 0 aliphatic heterocycles. The van der Waals surface area contributed by atoms with E-state index in [4.69, 9.17) is 10.2 Å². The molecule has 2 aromatic heterocycles. The lowest BCUT2D eigenvalue weighted by atomic mass is 10.1. The van der Waals surface area contributed by atoms with Gasteiger partial charge in [0.15, 0.2) is 0 Å². The van der Waals surface area contributed by atoms with Crippen LogP contribution < -0.4 is 5.73 Å². The van der Waals surface area contributed by atoms with Gasteiger partial charge in [0.05, 0.1) is 17.3 Å². The summed E-state index contributed by atoms with van der Waals surface area (Å²) in [5.41, 5.74) is 9.41. The Morgan fingerprint density at radius 3 is 2.90 bits per heavy atom. The molecule has 0 bridgehead atoms. The predicted molar refractivity (Wildman–Crippen MR) is 80.6 cm³/mol. The summed E-state index contributed by atoms with van der Waals surface area (Å²) in [5.74, 6) is 1.60. The lowest BCUT2D eigenvalue weighted by Crippen LogP contribution is -2.10. The van der Waals surface area contributed by atoms with Crippen LogP contribution in [-0.2, 0) is 6.42 Å². The zero-order valence-corrected chi connectivity index (χ0v) is 11.8. The van der Waals surface area contributed by atoms with Crippen LogP contribution >= 0.6 is 0 Å². The third kappa shape index (κ3) is 2.18. The SMILES string of the molecule is Cc1cccc2nc(N)n(C(C)CCc3ccco3)c12. The Labute approximate surface area is 118 Å². The van der Waals surface area contributed by atoms with Gasteiger partial charge in [0.25, 0.3) is 0 Å². The highest BCUT2D eigenvalue weighted by molar-refractivity contribution is 5.81. The second-order valence-corrected chi connectivity index (χ2v) is 5.25. The van der Waals surface area contributed by atoms with Crippen molar-refractivity contribution in [2.45, 2.75) is 32.7 Å². The maximum Gasteiger partial charge on any atom is 0.201 e. The van der Waals surface area contributed by atoms with Crippen LogP contribution in [0.4, 0.5) is 5.95 Å². The van der Waals surface area contributed by atoms with Crippen LogP contribution in [0.5, 0.6) is 0 Å². The average molecular weight is 269 g/mol. The third-order valence-electron chi connectivity index (χ3n) is 3.77. The molecule has 20 heavy (non-hydrogen) atoms. The number of aromatic nitrogens is 2. The summed E-state index contributed by atoms with van der Waals surface area (Å²) in [7, 11) is 0. The van der Waals surface area contributed by atoms with Crippen molar-refractivity contribution in [1.82, 2.24) is 9.55 Å². The van der Waals surface area contributed by atoms with Crippen LogP contribution in [-0.4, -0.2) is 9.55 Å². The van der Waals surface area contributed by atoms with Gasteiger partial charge in [-0.1, -0.05) is 12.1 Å². The summed E-state index contributed by atoms with van der Waals surface area (Å²) in [5, 5.41) is 0. The molecule has 0 aliphatic carbocycles. The van der Waals surface area contributed by atoms with Gasteiger partial charge in [0.2, 0.25) is 5.95 Å². The Morgan fingerprint density at radius 2 is 2.15 bits per heavy atom. The van der Waals surface area contributed by atoms with Gasteiger partial charge in [-0.15, -0.1) is 0 Å². The molecule has 1 atom stereocenters. The smallest absolute Gasteiger partial charge is 0.201 e. The summed E-state index contributed by atoms with van der Waals surface area (Å²) >= 11 is 0. The summed E-state index contributed by atoms with van der Waals surface area (Å²) < 4.78 is 7.52. The van der Waals surface area contributed by atoms with Gasteiger partial charge in [-0.2, -0.15) is 0 Å². The number of hydrogen-bond donors (Lipinski definition) is 1. The number of aryl methyl sites for hydroxylation is 2. The van der Waals surface area contributed by atoms with E-state index in [1.54, 1.807) is 6.26 Å². The molecule has 2 N–H and O–H groups in total. The molecule has 0 fully saturated rings. The molecule has 4 heteroatoms. The standard InChI is InChI=1S/C16H19N3O/c1-11-5-3-7-14-15(11)19(16(17)18-14)12(2)8-9-13-6-4-10-20-13/h3-7,10,12H,8-9H2,1-2H3,(H2,17,18). The maximum atomic E-state index is 6.10. The summed E-state index contributed by atoms with van der Waals surface area (Å²) in [6.07, 6.45) is 3.59. The van der Waals surface area contributed by atoms with E-state index >= 15 is 0 Å². The normalized spacial score (nSPS) is 12.9. The topological polar surface area (TPSA) is 57.0 Å². The van der Waals surface area contributed by atoms with E-state index in [0.717, 1.165) is 29.6 Å². The van der Waals surface area contributed by atoms with E-state index in [1.165, 1.54) is 5.56 Å². The molecule has 0 amide bonds. The van der Waals surface area contributed by atoms with Gasteiger partial charge in [-0.3, -0.25) is 0 Å². The van der Waals surface area contributed by atoms with Crippen LogP contribution in [0.1, 0.15) is 30.7 Å². The fourth-order valence-corrected chi connectivity index (χ4v) is 2.72. The first kappa shape index (κ1) is 12.8. The van der Waals surface area contributed by atoms with Crippen molar-refractivity contribution < 1.29 is 4.42 Å². The number of para-hydroxylation sites is 1. The third-order valence-corrected chi connectivity index (χ3v) is 3.77. The van der Waals surface area contributed by atoms with E-state index in [9.17, 15) is 0 Å². The Bertz CT molecular complexity index is 713. The second-order valence-electron chi connectivity index (χ2n) is 5.25. The largest absolute Gasteiger partial charge is 0.469 e. The Kier molecular flexibility index (Phi) is 3.22. The minimum absolute atomic E-state index is 0.284. The first-order valence-corrected chi connectivity index (χ1v) is 6.92. The number of hydrogen-bond acceptors (Lipinski definition) is 3. The number of rotatable bonds is 4. The first-order valence-electron chi connectivity index (χ1n) is 6.92. The van der Waals surface area contributed by atoms with Crippen molar-refractivity contribution in [3.63, 3.8) is 0 Å².